The molecule has 0 atom stereocenters. The van der Waals surface area contributed by atoms with Crippen molar-refractivity contribution in [1.82, 2.24) is 4.98 Å². The number of rotatable bonds is 3. The third-order valence-electron chi connectivity index (χ3n) is 2.40. The van der Waals surface area contributed by atoms with Gasteiger partial charge in [0.05, 0.1) is 12.3 Å². The Labute approximate surface area is 111 Å². The van der Waals surface area contributed by atoms with Gasteiger partial charge in [-0.25, -0.2) is 0 Å². The number of alkyl halides is 3. The van der Waals surface area contributed by atoms with E-state index in [0.717, 1.165) is 12.1 Å². The molecule has 0 saturated heterocycles. The van der Waals surface area contributed by atoms with Gasteiger partial charge in [0, 0.05) is 11.6 Å². The van der Waals surface area contributed by atoms with E-state index in [-0.39, 0.29) is 6.61 Å². The van der Waals surface area contributed by atoms with Gasteiger partial charge in [-0.2, -0.15) is 21.6 Å². The summed E-state index contributed by atoms with van der Waals surface area (Å²) in [7, 11) is -5.70. The van der Waals surface area contributed by atoms with Crippen molar-refractivity contribution in [2.75, 3.05) is 0 Å². The van der Waals surface area contributed by atoms with Crippen LogP contribution in [0.1, 0.15) is 5.69 Å². The van der Waals surface area contributed by atoms with Crippen LogP contribution in [0.2, 0.25) is 0 Å². The van der Waals surface area contributed by atoms with E-state index in [0.29, 0.717) is 16.5 Å². The van der Waals surface area contributed by atoms with Crippen molar-refractivity contribution < 1.29 is 30.9 Å². The molecular weight excluding hydrogens is 299 g/mol. The molecule has 0 saturated carbocycles. The molecule has 1 aromatic heterocycles. The quantitative estimate of drug-likeness (QED) is 0.693. The van der Waals surface area contributed by atoms with Crippen LogP contribution in [-0.4, -0.2) is 24.0 Å². The van der Waals surface area contributed by atoms with E-state index in [1.54, 1.807) is 0 Å². The van der Waals surface area contributed by atoms with Crippen LogP contribution in [0.4, 0.5) is 13.2 Å². The highest BCUT2D eigenvalue weighted by atomic mass is 32.2. The fourth-order valence-electron chi connectivity index (χ4n) is 1.48. The lowest BCUT2D eigenvalue weighted by molar-refractivity contribution is -0.0500. The van der Waals surface area contributed by atoms with Gasteiger partial charge in [-0.3, -0.25) is 4.98 Å². The third kappa shape index (κ3) is 2.83. The minimum atomic E-state index is -5.70. The van der Waals surface area contributed by atoms with Gasteiger partial charge >= 0.3 is 15.6 Å². The molecule has 1 N–H and O–H groups in total. The number of benzene rings is 1. The van der Waals surface area contributed by atoms with Gasteiger partial charge in [0.2, 0.25) is 0 Å². The first kappa shape index (κ1) is 14.5. The SMILES string of the molecule is O=S(=O)(Oc1ccc2cnc(CO)cc2c1)C(F)(F)F. The first-order chi connectivity index (χ1) is 9.23. The summed E-state index contributed by atoms with van der Waals surface area (Å²) in [4.78, 5) is 3.88. The van der Waals surface area contributed by atoms with Crippen LogP contribution in [-0.2, 0) is 16.7 Å². The second-order valence-electron chi connectivity index (χ2n) is 3.83. The van der Waals surface area contributed by atoms with Crippen molar-refractivity contribution in [3.63, 3.8) is 0 Å². The van der Waals surface area contributed by atoms with Crippen LogP contribution in [0.25, 0.3) is 10.8 Å². The molecular formula is C11H8F3NO4S. The van der Waals surface area contributed by atoms with Crippen LogP contribution >= 0.6 is 0 Å². The second kappa shape index (κ2) is 4.91. The Morgan fingerprint density at radius 2 is 1.90 bits per heavy atom. The van der Waals surface area contributed by atoms with E-state index in [2.05, 4.69) is 9.17 Å². The highest BCUT2D eigenvalue weighted by molar-refractivity contribution is 7.88. The Bertz CT molecular complexity index is 743. The average Bonchev–Trinajstić information content (AvgIpc) is 2.36. The molecule has 0 aliphatic rings. The molecule has 1 heterocycles. The molecule has 0 amide bonds. The van der Waals surface area contributed by atoms with E-state index >= 15 is 0 Å². The van der Waals surface area contributed by atoms with Crippen LogP contribution in [0, 0.1) is 0 Å². The van der Waals surface area contributed by atoms with Gasteiger partial charge < -0.3 is 9.29 Å². The molecule has 0 fully saturated rings. The monoisotopic (exact) mass is 307 g/mol. The number of aromatic nitrogens is 1. The summed E-state index contributed by atoms with van der Waals surface area (Å²) in [5.41, 5.74) is -5.19. The zero-order valence-electron chi connectivity index (χ0n) is 9.76. The normalized spacial score (nSPS) is 12.6. The molecule has 108 valence electrons. The van der Waals surface area contributed by atoms with E-state index in [9.17, 15) is 21.6 Å². The van der Waals surface area contributed by atoms with Crippen LogP contribution in [0.3, 0.4) is 0 Å². The fraction of sp³-hybridized carbons (Fsp3) is 0.182. The van der Waals surface area contributed by atoms with Gasteiger partial charge in [-0.1, -0.05) is 0 Å². The minimum absolute atomic E-state index is 0.299. The average molecular weight is 307 g/mol. The number of aliphatic hydroxyl groups excluding tert-OH is 1. The molecule has 1 aromatic carbocycles. The predicted octanol–water partition coefficient (Wildman–Crippen LogP) is 1.96. The van der Waals surface area contributed by atoms with Crippen molar-refractivity contribution in [2.45, 2.75) is 12.1 Å². The number of aliphatic hydroxyl groups is 1. The summed E-state index contributed by atoms with van der Waals surface area (Å²) in [6.07, 6.45) is 1.41. The topological polar surface area (TPSA) is 76.5 Å². The Hall–Kier alpha value is -1.87. The Morgan fingerprint density at radius 3 is 2.50 bits per heavy atom. The molecule has 20 heavy (non-hydrogen) atoms. The lowest BCUT2D eigenvalue weighted by atomic mass is 10.1. The summed E-state index contributed by atoms with van der Waals surface area (Å²) < 4.78 is 62.4. The van der Waals surface area contributed by atoms with Gasteiger partial charge in [-0.15, -0.1) is 0 Å². The molecule has 5 nitrogen and oxygen atoms in total. The van der Waals surface area contributed by atoms with Gasteiger partial charge in [0.25, 0.3) is 0 Å². The van der Waals surface area contributed by atoms with Gasteiger partial charge in [0.15, 0.2) is 0 Å². The summed E-state index contributed by atoms with van der Waals surface area (Å²) in [6, 6.07) is 5.00. The molecule has 2 aromatic rings. The van der Waals surface area contributed by atoms with E-state index in [4.69, 9.17) is 5.11 Å². The highest BCUT2D eigenvalue weighted by Crippen LogP contribution is 2.28. The number of hydrogen-bond donors (Lipinski definition) is 1. The maximum atomic E-state index is 12.2. The van der Waals surface area contributed by atoms with Crippen molar-refractivity contribution in [3.8, 4) is 5.75 Å². The Morgan fingerprint density at radius 1 is 1.20 bits per heavy atom. The van der Waals surface area contributed by atoms with Crippen molar-refractivity contribution in [1.29, 1.82) is 0 Å². The molecule has 9 heteroatoms. The van der Waals surface area contributed by atoms with E-state index < -0.39 is 21.4 Å². The molecule has 0 aliphatic heterocycles. The number of nitrogens with zero attached hydrogens (tertiary/aromatic N) is 1. The second-order valence-corrected chi connectivity index (χ2v) is 5.36. The summed E-state index contributed by atoms with van der Waals surface area (Å²) in [5, 5.41) is 9.89. The zero-order chi connectivity index (χ0) is 15.0. The first-order valence-corrected chi connectivity index (χ1v) is 6.64. The van der Waals surface area contributed by atoms with Crippen LogP contribution in [0.15, 0.2) is 30.5 Å². The Balaban J connectivity index is 2.42. The van der Waals surface area contributed by atoms with Crippen molar-refractivity contribution in [2.24, 2.45) is 0 Å². The largest absolute Gasteiger partial charge is 0.534 e. The van der Waals surface area contributed by atoms with E-state index in [1.807, 2.05) is 0 Å². The van der Waals surface area contributed by atoms with Crippen LogP contribution in [0.5, 0.6) is 5.75 Å². The molecule has 0 radical (unpaired) electrons. The number of pyridine rings is 1. The molecule has 2 rings (SSSR count). The predicted molar refractivity (Wildman–Crippen MR) is 63.3 cm³/mol. The standard InChI is InChI=1S/C11H8F3NO4S/c12-11(13,14)20(17,18)19-10-2-1-7-5-15-9(6-16)3-8(7)4-10/h1-5,16H,6H2. The van der Waals surface area contributed by atoms with Crippen LogP contribution < -0.4 is 4.18 Å². The maximum Gasteiger partial charge on any atom is 0.534 e. The third-order valence-corrected chi connectivity index (χ3v) is 3.38. The summed E-state index contributed by atoms with van der Waals surface area (Å²) in [5.74, 6) is -0.468. The zero-order valence-corrected chi connectivity index (χ0v) is 10.6. The fourth-order valence-corrected chi connectivity index (χ4v) is 1.93. The number of hydrogen-bond acceptors (Lipinski definition) is 5. The summed E-state index contributed by atoms with van der Waals surface area (Å²) in [6.45, 7) is -0.345. The van der Waals surface area contributed by atoms with Gasteiger partial charge in [0.1, 0.15) is 5.75 Å². The minimum Gasteiger partial charge on any atom is -0.390 e. The smallest absolute Gasteiger partial charge is 0.390 e. The Kier molecular flexibility index (Phi) is 3.57. The summed E-state index contributed by atoms with van der Waals surface area (Å²) >= 11 is 0. The lowest BCUT2D eigenvalue weighted by Crippen LogP contribution is -2.28. The maximum absolute atomic E-state index is 12.2. The van der Waals surface area contributed by atoms with Gasteiger partial charge in [-0.05, 0) is 29.7 Å². The molecule has 0 bridgehead atoms. The lowest BCUT2D eigenvalue weighted by Gasteiger charge is -2.10. The molecule has 0 spiro atoms. The molecule has 0 aliphatic carbocycles. The van der Waals surface area contributed by atoms with Crippen molar-refractivity contribution >= 4 is 20.9 Å². The molecule has 0 unspecified atom stereocenters. The number of halogens is 3. The highest BCUT2D eigenvalue weighted by Gasteiger charge is 2.48. The van der Waals surface area contributed by atoms with E-state index in [1.165, 1.54) is 18.3 Å². The number of fused-ring (bicyclic) bond motifs is 1. The first-order valence-electron chi connectivity index (χ1n) is 5.23. The van der Waals surface area contributed by atoms with Crippen molar-refractivity contribution in [3.05, 3.63) is 36.2 Å².